The van der Waals surface area contributed by atoms with Crippen LogP contribution < -0.4 is 5.32 Å². The summed E-state index contributed by atoms with van der Waals surface area (Å²) >= 11 is 6.26. The lowest BCUT2D eigenvalue weighted by Gasteiger charge is -2.24. The van der Waals surface area contributed by atoms with Crippen LogP contribution in [-0.2, 0) is 6.54 Å². The topological polar surface area (TPSA) is 28.2 Å². The molecule has 2 rings (SSSR count). The maximum absolute atomic E-state index is 6.26. The lowest BCUT2D eigenvalue weighted by molar-refractivity contribution is 0.224. The summed E-state index contributed by atoms with van der Waals surface area (Å²) in [5.74, 6) is 1.79. The van der Waals surface area contributed by atoms with Crippen molar-refractivity contribution in [2.75, 3.05) is 18.9 Å². The minimum absolute atomic E-state index is 0.616. The second-order valence-electron chi connectivity index (χ2n) is 5.54. The number of hydrogen-bond donors (Lipinski definition) is 1. The van der Waals surface area contributed by atoms with Crippen molar-refractivity contribution in [1.29, 1.82) is 0 Å². The van der Waals surface area contributed by atoms with Crippen LogP contribution in [-0.4, -0.2) is 29.5 Å². The highest BCUT2D eigenvalue weighted by Crippen LogP contribution is 2.35. The first-order chi connectivity index (χ1) is 9.11. The molecular weight excluding hydrogens is 258 g/mol. The summed E-state index contributed by atoms with van der Waals surface area (Å²) in [4.78, 5) is 6.98. The Morgan fingerprint density at radius 3 is 2.84 bits per heavy atom. The molecule has 1 unspecified atom stereocenters. The smallest absolute Gasteiger partial charge is 0.126 e. The molecule has 1 fully saturated rings. The van der Waals surface area contributed by atoms with Crippen molar-refractivity contribution >= 4 is 17.4 Å². The summed E-state index contributed by atoms with van der Waals surface area (Å²) in [6.45, 7) is 6.21. The molecule has 1 saturated carbocycles. The van der Waals surface area contributed by atoms with Crippen molar-refractivity contribution in [3.63, 3.8) is 0 Å². The zero-order valence-corrected chi connectivity index (χ0v) is 12.9. The molecule has 106 valence electrons. The Hall–Kier alpha value is -0.800. The van der Waals surface area contributed by atoms with Crippen LogP contribution in [0.1, 0.15) is 38.8 Å². The lowest BCUT2D eigenvalue weighted by Crippen LogP contribution is -2.30. The molecule has 1 aliphatic carbocycles. The van der Waals surface area contributed by atoms with Crippen LogP contribution in [0.4, 0.5) is 5.82 Å². The third-order valence-corrected chi connectivity index (χ3v) is 4.22. The number of nitrogens with zero attached hydrogens (tertiary/aromatic N) is 2. The van der Waals surface area contributed by atoms with Gasteiger partial charge in [-0.3, -0.25) is 4.90 Å². The summed E-state index contributed by atoms with van der Waals surface area (Å²) in [6, 6.07) is 4.51. The largest absolute Gasteiger partial charge is 0.370 e. The van der Waals surface area contributed by atoms with Gasteiger partial charge in [0.2, 0.25) is 0 Å². The van der Waals surface area contributed by atoms with Crippen molar-refractivity contribution in [2.24, 2.45) is 5.92 Å². The predicted molar refractivity (Wildman–Crippen MR) is 81.7 cm³/mol. The molecule has 0 radical (unpaired) electrons. The number of anilines is 1. The summed E-state index contributed by atoms with van der Waals surface area (Å²) in [5.41, 5.74) is 0.970. The van der Waals surface area contributed by atoms with Gasteiger partial charge in [0, 0.05) is 19.1 Å². The normalized spacial score (nSPS) is 16.7. The maximum atomic E-state index is 6.26. The number of halogens is 1. The van der Waals surface area contributed by atoms with E-state index in [0.29, 0.717) is 6.04 Å². The van der Waals surface area contributed by atoms with Gasteiger partial charge in [-0.15, -0.1) is 0 Å². The molecule has 3 nitrogen and oxygen atoms in total. The van der Waals surface area contributed by atoms with Crippen LogP contribution in [0.5, 0.6) is 0 Å². The third kappa shape index (κ3) is 4.08. The van der Waals surface area contributed by atoms with E-state index in [1.165, 1.54) is 12.8 Å². The highest BCUT2D eigenvalue weighted by molar-refractivity contribution is 6.31. The van der Waals surface area contributed by atoms with Crippen molar-refractivity contribution in [3.8, 4) is 0 Å². The fourth-order valence-corrected chi connectivity index (χ4v) is 2.43. The van der Waals surface area contributed by atoms with E-state index < -0.39 is 0 Å². The molecule has 0 spiro atoms. The van der Waals surface area contributed by atoms with Crippen LogP contribution in [0, 0.1) is 5.92 Å². The minimum Gasteiger partial charge on any atom is -0.370 e. The monoisotopic (exact) mass is 281 g/mol. The molecule has 1 aliphatic rings. The first-order valence-electron chi connectivity index (χ1n) is 7.21. The fraction of sp³-hybridized carbons (Fsp3) is 0.667. The van der Waals surface area contributed by atoms with Crippen molar-refractivity contribution in [1.82, 2.24) is 9.88 Å². The van der Waals surface area contributed by atoms with Gasteiger partial charge in [-0.2, -0.15) is 0 Å². The van der Waals surface area contributed by atoms with Gasteiger partial charge in [-0.1, -0.05) is 18.5 Å². The number of nitrogens with one attached hydrogen (secondary N) is 1. The van der Waals surface area contributed by atoms with Gasteiger partial charge in [0.25, 0.3) is 0 Å². The molecule has 0 aromatic carbocycles. The van der Waals surface area contributed by atoms with Crippen LogP contribution in [0.2, 0.25) is 5.02 Å². The zero-order chi connectivity index (χ0) is 13.8. The maximum Gasteiger partial charge on any atom is 0.126 e. The highest BCUT2D eigenvalue weighted by Gasteiger charge is 2.30. The minimum atomic E-state index is 0.616. The molecular formula is C15H24ClN3. The Kier molecular flexibility index (Phi) is 5.06. The van der Waals surface area contributed by atoms with Gasteiger partial charge >= 0.3 is 0 Å². The first-order valence-corrected chi connectivity index (χ1v) is 7.59. The summed E-state index contributed by atoms with van der Waals surface area (Å²) < 4.78 is 0. The molecule has 0 saturated heterocycles. The number of hydrogen-bond acceptors (Lipinski definition) is 3. The van der Waals surface area contributed by atoms with Crippen LogP contribution in [0.3, 0.4) is 0 Å². The summed E-state index contributed by atoms with van der Waals surface area (Å²) in [5, 5.41) is 4.07. The molecule has 0 amide bonds. The van der Waals surface area contributed by atoms with E-state index in [2.05, 4.69) is 36.1 Å². The third-order valence-electron chi connectivity index (χ3n) is 3.87. The Morgan fingerprint density at radius 2 is 2.21 bits per heavy atom. The van der Waals surface area contributed by atoms with Crippen molar-refractivity contribution in [3.05, 3.63) is 22.8 Å². The molecule has 0 aliphatic heterocycles. The second-order valence-corrected chi connectivity index (χ2v) is 5.95. The van der Waals surface area contributed by atoms with Gasteiger partial charge in [0.15, 0.2) is 0 Å². The highest BCUT2D eigenvalue weighted by atomic mass is 35.5. The standard InChI is InChI=1S/C15H24ClN3/c1-4-9-17-15-8-7-13(16)14(18-15)10-19(3)11(2)12-5-6-12/h7-8,11-12H,4-6,9-10H2,1-3H3,(H,17,18). The molecule has 0 bridgehead atoms. The summed E-state index contributed by atoms with van der Waals surface area (Å²) in [6.07, 6.45) is 3.83. The number of pyridine rings is 1. The average Bonchev–Trinajstić information content (AvgIpc) is 3.23. The van der Waals surface area contributed by atoms with E-state index >= 15 is 0 Å². The van der Waals surface area contributed by atoms with Gasteiger partial charge in [-0.05, 0) is 51.3 Å². The molecule has 1 aromatic rings. The van der Waals surface area contributed by atoms with Crippen LogP contribution in [0.25, 0.3) is 0 Å². The Labute approximate surface area is 121 Å². The SMILES string of the molecule is CCCNc1ccc(Cl)c(CN(C)C(C)C2CC2)n1. The average molecular weight is 282 g/mol. The van der Waals surface area contributed by atoms with Crippen molar-refractivity contribution in [2.45, 2.75) is 45.7 Å². The van der Waals surface area contributed by atoms with E-state index in [4.69, 9.17) is 11.6 Å². The molecule has 19 heavy (non-hydrogen) atoms. The van der Waals surface area contributed by atoms with Gasteiger partial charge in [-0.25, -0.2) is 4.98 Å². The molecule has 4 heteroatoms. The van der Waals surface area contributed by atoms with Crippen LogP contribution in [0.15, 0.2) is 12.1 Å². The number of rotatable bonds is 7. The Bertz CT molecular complexity index is 418. The Balaban J connectivity index is 2.01. The van der Waals surface area contributed by atoms with E-state index in [0.717, 1.165) is 42.0 Å². The van der Waals surface area contributed by atoms with Gasteiger partial charge in [0.1, 0.15) is 5.82 Å². The van der Waals surface area contributed by atoms with Gasteiger partial charge in [0.05, 0.1) is 10.7 Å². The molecule has 1 heterocycles. The van der Waals surface area contributed by atoms with E-state index in [-0.39, 0.29) is 0 Å². The second kappa shape index (κ2) is 6.58. The number of aromatic nitrogens is 1. The Morgan fingerprint density at radius 1 is 1.47 bits per heavy atom. The van der Waals surface area contributed by atoms with Crippen molar-refractivity contribution < 1.29 is 0 Å². The molecule has 1 aromatic heterocycles. The van der Waals surface area contributed by atoms with E-state index in [1.54, 1.807) is 0 Å². The lowest BCUT2D eigenvalue weighted by atomic mass is 10.2. The molecule has 1 N–H and O–H groups in total. The zero-order valence-electron chi connectivity index (χ0n) is 12.1. The summed E-state index contributed by atoms with van der Waals surface area (Å²) in [7, 11) is 2.16. The van der Waals surface area contributed by atoms with E-state index in [9.17, 15) is 0 Å². The predicted octanol–water partition coefficient (Wildman–Crippen LogP) is 3.79. The van der Waals surface area contributed by atoms with Crippen LogP contribution >= 0.6 is 11.6 Å². The molecule has 1 atom stereocenters. The fourth-order valence-electron chi connectivity index (χ4n) is 2.27. The van der Waals surface area contributed by atoms with E-state index in [1.807, 2.05) is 12.1 Å². The quantitative estimate of drug-likeness (QED) is 0.824. The first kappa shape index (κ1) is 14.6. The van der Waals surface area contributed by atoms with Gasteiger partial charge < -0.3 is 5.32 Å².